The minimum absolute atomic E-state index is 0.0290. The molecule has 0 N–H and O–H groups in total. The maximum Gasteiger partial charge on any atom is 0.491 e. The van der Waals surface area contributed by atoms with Gasteiger partial charge in [-0.05, 0) is 38.7 Å². The Balaban J connectivity index is 2.29. The van der Waals surface area contributed by atoms with Crippen molar-refractivity contribution < 1.29 is 18.9 Å². The van der Waals surface area contributed by atoms with Crippen LogP contribution < -0.4 is 0 Å². The summed E-state index contributed by atoms with van der Waals surface area (Å²) in [6.45, 7) is 13.4. The average molecular weight is 388 g/mol. The number of benzene rings is 1. The van der Waals surface area contributed by atoms with Crippen LogP contribution in [0.2, 0.25) is 0 Å². The molecule has 1 aliphatic heterocycles. The quantitative estimate of drug-likeness (QED) is 0.517. The summed E-state index contributed by atoms with van der Waals surface area (Å²) in [4.78, 5) is 23.6. The third-order valence-electron chi connectivity index (χ3n) is 5.07. The SMILES string of the molecule is CC(=O)SCC(=Cc1ccc(C(=O)C(C)C)cc1)B1OC(C)(C)C(C)(C)O1. The van der Waals surface area contributed by atoms with Gasteiger partial charge in [-0.3, -0.25) is 9.59 Å². The Morgan fingerprint density at radius 2 is 1.59 bits per heavy atom. The summed E-state index contributed by atoms with van der Waals surface area (Å²) in [5, 5.41) is 0.0512. The first kappa shape index (κ1) is 21.9. The Bertz CT molecular complexity index is 719. The molecule has 0 aliphatic carbocycles. The van der Waals surface area contributed by atoms with E-state index in [4.69, 9.17) is 9.31 Å². The van der Waals surface area contributed by atoms with Crippen LogP contribution >= 0.6 is 11.8 Å². The van der Waals surface area contributed by atoms with Crippen molar-refractivity contribution in [1.82, 2.24) is 0 Å². The first-order valence-corrected chi connectivity index (χ1v) is 10.3. The molecule has 6 heteroatoms. The van der Waals surface area contributed by atoms with E-state index in [-0.39, 0.29) is 16.8 Å². The average Bonchev–Trinajstić information content (AvgIpc) is 2.78. The fraction of sp³-hybridized carbons (Fsp3) is 0.524. The van der Waals surface area contributed by atoms with Gasteiger partial charge in [-0.1, -0.05) is 56.0 Å². The summed E-state index contributed by atoms with van der Waals surface area (Å²) in [5.74, 6) is 0.598. The van der Waals surface area contributed by atoms with E-state index in [9.17, 15) is 9.59 Å². The maximum absolute atomic E-state index is 12.1. The van der Waals surface area contributed by atoms with Crippen molar-refractivity contribution in [3.63, 3.8) is 0 Å². The second-order valence-electron chi connectivity index (χ2n) is 8.23. The topological polar surface area (TPSA) is 52.6 Å². The van der Waals surface area contributed by atoms with Crippen LogP contribution in [0.4, 0.5) is 0 Å². The lowest BCUT2D eigenvalue weighted by atomic mass is 9.78. The molecule has 27 heavy (non-hydrogen) atoms. The van der Waals surface area contributed by atoms with Crippen molar-refractivity contribution in [2.45, 2.75) is 59.7 Å². The zero-order valence-corrected chi connectivity index (χ0v) is 18.1. The summed E-state index contributed by atoms with van der Waals surface area (Å²) in [6.07, 6.45) is 1.99. The predicted molar refractivity (Wildman–Crippen MR) is 113 cm³/mol. The fourth-order valence-electron chi connectivity index (χ4n) is 2.65. The fourth-order valence-corrected chi connectivity index (χ4v) is 3.24. The van der Waals surface area contributed by atoms with Crippen LogP contribution in [0.3, 0.4) is 0 Å². The normalized spacial score (nSPS) is 18.8. The zero-order chi connectivity index (χ0) is 20.4. The molecule has 0 atom stereocenters. The molecule has 2 rings (SSSR count). The van der Waals surface area contributed by atoms with Crippen LogP contribution in [0.1, 0.15) is 64.4 Å². The number of rotatable bonds is 6. The monoisotopic (exact) mass is 388 g/mol. The van der Waals surface area contributed by atoms with Gasteiger partial charge in [-0.2, -0.15) is 0 Å². The van der Waals surface area contributed by atoms with Gasteiger partial charge in [0, 0.05) is 24.2 Å². The van der Waals surface area contributed by atoms with Gasteiger partial charge in [-0.25, -0.2) is 0 Å². The summed E-state index contributed by atoms with van der Waals surface area (Å²) in [6, 6.07) is 7.51. The van der Waals surface area contributed by atoms with E-state index in [1.807, 2.05) is 71.9 Å². The predicted octanol–water partition coefficient (Wildman–Crippen LogP) is 4.82. The Morgan fingerprint density at radius 1 is 1.07 bits per heavy atom. The zero-order valence-electron chi connectivity index (χ0n) is 17.3. The summed E-state index contributed by atoms with van der Waals surface area (Å²) in [7, 11) is -0.501. The lowest BCUT2D eigenvalue weighted by Gasteiger charge is -2.32. The number of ketones is 1. The van der Waals surface area contributed by atoms with E-state index >= 15 is 0 Å². The molecule has 4 nitrogen and oxygen atoms in total. The molecule has 0 radical (unpaired) electrons. The highest BCUT2D eigenvalue weighted by atomic mass is 32.2. The molecule has 0 saturated carbocycles. The van der Waals surface area contributed by atoms with E-state index in [0.29, 0.717) is 11.3 Å². The van der Waals surface area contributed by atoms with Crippen LogP contribution in [0.25, 0.3) is 6.08 Å². The second-order valence-corrected chi connectivity index (χ2v) is 9.38. The Hall–Kier alpha value is -1.37. The maximum atomic E-state index is 12.1. The molecule has 0 amide bonds. The minimum atomic E-state index is -0.501. The van der Waals surface area contributed by atoms with E-state index in [1.54, 1.807) is 6.92 Å². The van der Waals surface area contributed by atoms with Crippen molar-refractivity contribution in [3.8, 4) is 0 Å². The van der Waals surface area contributed by atoms with Crippen molar-refractivity contribution in [2.24, 2.45) is 5.92 Å². The van der Waals surface area contributed by atoms with E-state index in [0.717, 1.165) is 11.0 Å². The highest BCUT2D eigenvalue weighted by Crippen LogP contribution is 2.39. The summed E-state index contributed by atoms with van der Waals surface area (Å²) in [5.41, 5.74) is 1.68. The van der Waals surface area contributed by atoms with E-state index in [2.05, 4.69) is 0 Å². The lowest BCUT2D eigenvalue weighted by Crippen LogP contribution is -2.41. The molecule has 0 bridgehead atoms. The van der Waals surface area contributed by atoms with Crippen LogP contribution in [0.5, 0.6) is 0 Å². The van der Waals surface area contributed by atoms with Crippen molar-refractivity contribution in [3.05, 3.63) is 40.9 Å². The van der Waals surface area contributed by atoms with Crippen LogP contribution in [-0.2, 0) is 14.1 Å². The molecule has 1 aliphatic rings. The van der Waals surface area contributed by atoms with E-state index < -0.39 is 18.3 Å². The third kappa shape index (κ3) is 5.34. The first-order chi connectivity index (χ1) is 12.4. The third-order valence-corrected chi connectivity index (χ3v) is 5.95. The van der Waals surface area contributed by atoms with Gasteiger partial charge in [0.2, 0.25) is 0 Å². The number of hydrogen-bond acceptors (Lipinski definition) is 5. The summed E-state index contributed by atoms with van der Waals surface area (Å²) >= 11 is 1.24. The van der Waals surface area contributed by atoms with Gasteiger partial charge >= 0.3 is 7.12 Å². The number of thioether (sulfide) groups is 1. The number of carbonyl (C=O) groups is 2. The van der Waals surface area contributed by atoms with Gasteiger partial charge in [0.15, 0.2) is 10.9 Å². The molecule has 146 valence electrons. The molecular weight excluding hydrogens is 359 g/mol. The van der Waals surface area contributed by atoms with Crippen LogP contribution in [0, 0.1) is 5.92 Å². The van der Waals surface area contributed by atoms with Gasteiger partial charge in [-0.15, -0.1) is 0 Å². The Morgan fingerprint density at radius 3 is 2.04 bits per heavy atom. The highest BCUT2D eigenvalue weighted by molar-refractivity contribution is 8.13. The van der Waals surface area contributed by atoms with Crippen molar-refractivity contribution >= 4 is 35.9 Å². The number of hydrogen-bond donors (Lipinski definition) is 0. The molecule has 1 saturated heterocycles. The minimum Gasteiger partial charge on any atom is -0.400 e. The van der Waals surface area contributed by atoms with E-state index in [1.165, 1.54) is 11.8 Å². The smallest absolute Gasteiger partial charge is 0.400 e. The number of Topliss-reactive ketones (excluding diaryl/α,β-unsaturated/α-hetero) is 1. The van der Waals surface area contributed by atoms with Crippen molar-refractivity contribution in [2.75, 3.05) is 5.75 Å². The molecule has 0 spiro atoms. The van der Waals surface area contributed by atoms with Gasteiger partial charge < -0.3 is 9.31 Å². The molecule has 1 aromatic rings. The Kier molecular flexibility index (Phi) is 6.77. The van der Waals surface area contributed by atoms with Gasteiger partial charge in [0.25, 0.3) is 0 Å². The van der Waals surface area contributed by atoms with Crippen molar-refractivity contribution in [1.29, 1.82) is 0 Å². The first-order valence-electron chi connectivity index (χ1n) is 9.27. The van der Waals surface area contributed by atoms with Gasteiger partial charge in [0.1, 0.15) is 0 Å². The van der Waals surface area contributed by atoms with Gasteiger partial charge in [0.05, 0.1) is 11.2 Å². The largest absolute Gasteiger partial charge is 0.491 e. The lowest BCUT2D eigenvalue weighted by molar-refractivity contribution is -0.109. The molecule has 1 heterocycles. The standard InChI is InChI=1S/C21H29BO4S/c1-14(2)19(24)17-10-8-16(9-11-17)12-18(13-27-15(3)23)22-25-20(4,5)21(6,7)26-22/h8-12,14H,13H2,1-7H3. The Labute approximate surface area is 167 Å². The van der Waals surface area contributed by atoms with Crippen LogP contribution in [0.15, 0.2) is 29.7 Å². The number of carbonyl (C=O) groups excluding carboxylic acids is 2. The highest BCUT2D eigenvalue weighted by Gasteiger charge is 2.52. The summed E-state index contributed by atoms with van der Waals surface area (Å²) < 4.78 is 12.3. The molecule has 0 unspecified atom stereocenters. The molecule has 1 aromatic carbocycles. The molecule has 1 fully saturated rings. The molecule has 0 aromatic heterocycles. The molecular formula is C21H29BO4S. The van der Waals surface area contributed by atoms with Crippen LogP contribution in [-0.4, -0.2) is 35.0 Å². The second kappa shape index (κ2) is 8.33.